The Hall–Kier alpha value is -0.830. The molecule has 0 spiro atoms. The second-order valence-corrected chi connectivity index (χ2v) is 8.31. The maximum atomic E-state index is 4.12. The average Bonchev–Trinajstić information content (AvgIpc) is 2.89. The molecule has 116 valence electrons. The van der Waals surface area contributed by atoms with E-state index in [0.29, 0.717) is 5.41 Å². The average molecular weight is 287 g/mol. The molecule has 0 radical (unpaired) electrons. The van der Waals surface area contributed by atoms with E-state index in [1.54, 1.807) is 19.3 Å². The lowest BCUT2D eigenvalue weighted by Crippen LogP contribution is -2.50. The molecule has 4 fully saturated rings. The van der Waals surface area contributed by atoms with Crippen molar-refractivity contribution in [1.29, 1.82) is 0 Å². The molecule has 0 saturated heterocycles. The number of rotatable bonds is 6. The van der Waals surface area contributed by atoms with Gasteiger partial charge in [0.2, 0.25) is 0 Å². The van der Waals surface area contributed by atoms with Crippen LogP contribution in [0.3, 0.4) is 0 Å². The molecule has 0 aliphatic heterocycles. The van der Waals surface area contributed by atoms with Gasteiger partial charge in [0.1, 0.15) is 0 Å². The summed E-state index contributed by atoms with van der Waals surface area (Å²) in [7, 11) is 2.34. The minimum atomic E-state index is 0.693. The van der Waals surface area contributed by atoms with Crippen molar-refractivity contribution in [3.63, 3.8) is 0 Å². The zero-order valence-electron chi connectivity index (χ0n) is 13.4. The van der Waals surface area contributed by atoms with Gasteiger partial charge in [-0.05, 0) is 81.7 Å². The Morgan fingerprint density at radius 2 is 1.81 bits per heavy atom. The van der Waals surface area contributed by atoms with Crippen molar-refractivity contribution in [2.75, 3.05) is 20.1 Å². The van der Waals surface area contributed by atoms with Crippen LogP contribution in [0.5, 0.6) is 0 Å². The van der Waals surface area contributed by atoms with Gasteiger partial charge in [0, 0.05) is 25.5 Å². The van der Waals surface area contributed by atoms with Crippen molar-refractivity contribution < 1.29 is 0 Å². The lowest BCUT2D eigenvalue weighted by molar-refractivity contribution is -0.0662. The van der Waals surface area contributed by atoms with Gasteiger partial charge < -0.3 is 9.47 Å². The molecule has 0 unspecified atom stereocenters. The maximum absolute atomic E-state index is 4.12. The zero-order valence-corrected chi connectivity index (χ0v) is 13.4. The quantitative estimate of drug-likeness (QED) is 0.799. The smallest absolute Gasteiger partial charge is 0.0945 e. The largest absolute Gasteiger partial charge is 0.337 e. The summed E-state index contributed by atoms with van der Waals surface area (Å²) in [6.45, 7) is 3.67. The molecule has 0 N–H and O–H groups in total. The Kier molecular flexibility index (Phi) is 3.56. The van der Waals surface area contributed by atoms with Gasteiger partial charge in [0.25, 0.3) is 0 Å². The second kappa shape index (κ2) is 5.42. The Labute approximate surface area is 128 Å². The van der Waals surface area contributed by atoms with E-state index in [1.807, 2.05) is 12.5 Å². The van der Waals surface area contributed by atoms with Crippen molar-refractivity contribution in [3.05, 3.63) is 18.7 Å². The van der Waals surface area contributed by atoms with Gasteiger partial charge in [-0.2, -0.15) is 0 Å². The molecule has 0 atom stereocenters. The lowest BCUT2D eigenvalue weighted by Gasteiger charge is -2.57. The van der Waals surface area contributed by atoms with Gasteiger partial charge in [-0.15, -0.1) is 0 Å². The van der Waals surface area contributed by atoms with E-state index in [2.05, 4.69) is 27.7 Å². The van der Waals surface area contributed by atoms with Crippen LogP contribution in [0.2, 0.25) is 0 Å². The molecule has 21 heavy (non-hydrogen) atoms. The number of nitrogens with zero attached hydrogens (tertiary/aromatic N) is 3. The van der Waals surface area contributed by atoms with Crippen LogP contribution in [0.1, 0.15) is 44.9 Å². The van der Waals surface area contributed by atoms with Gasteiger partial charge in [-0.3, -0.25) is 0 Å². The Balaban J connectivity index is 1.29. The van der Waals surface area contributed by atoms with Crippen LogP contribution < -0.4 is 0 Å². The van der Waals surface area contributed by atoms with Crippen LogP contribution in [0.15, 0.2) is 18.7 Å². The van der Waals surface area contributed by atoms with Crippen LogP contribution in [-0.2, 0) is 6.54 Å². The summed E-state index contributed by atoms with van der Waals surface area (Å²) in [5.74, 6) is 3.24. The van der Waals surface area contributed by atoms with E-state index < -0.39 is 0 Å². The van der Waals surface area contributed by atoms with Crippen LogP contribution in [-0.4, -0.2) is 34.6 Å². The molecule has 4 aliphatic rings. The van der Waals surface area contributed by atoms with Crippen molar-refractivity contribution in [1.82, 2.24) is 14.5 Å². The summed E-state index contributed by atoms with van der Waals surface area (Å²) in [6, 6.07) is 0. The molecule has 3 nitrogen and oxygen atoms in total. The molecule has 1 aromatic rings. The van der Waals surface area contributed by atoms with E-state index in [-0.39, 0.29) is 0 Å². The maximum Gasteiger partial charge on any atom is 0.0945 e. The molecule has 3 heteroatoms. The predicted molar refractivity (Wildman–Crippen MR) is 84.9 cm³/mol. The topological polar surface area (TPSA) is 21.1 Å². The van der Waals surface area contributed by atoms with Crippen LogP contribution in [0.4, 0.5) is 0 Å². The first kappa shape index (κ1) is 13.8. The highest BCUT2D eigenvalue weighted by Gasteiger charge is 2.50. The summed E-state index contributed by atoms with van der Waals surface area (Å²) in [5.41, 5.74) is 0.693. The Morgan fingerprint density at radius 3 is 2.38 bits per heavy atom. The van der Waals surface area contributed by atoms with Gasteiger partial charge in [-0.25, -0.2) is 4.98 Å². The monoisotopic (exact) mass is 287 g/mol. The first-order valence-electron chi connectivity index (χ1n) is 8.85. The fraction of sp³-hybridized carbons (Fsp3) is 0.833. The van der Waals surface area contributed by atoms with Crippen molar-refractivity contribution >= 4 is 0 Å². The molecule has 1 aromatic heterocycles. The summed E-state index contributed by atoms with van der Waals surface area (Å²) < 4.78 is 2.19. The SMILES string of the molecule is CN(CCCn1ccnc1)CC12CC3CC(CC(C3)C1)C2. The van der Waals surface area contributed by atoms with Crippen LogP contribution in [0.25, 0.3) is 0 Å². The number of hydrogen-bond donors (Lipinski definition) is 0. The van der Waals surface area contributed by atoms with Gasteiger partial charge in [0.05, 0.1) is 6.33 Å². The number of hydrogen-bond acceptors (Lipinski definition) is 2. The first-order chi connectivity index (χ1) is 10.2. The predicted octanol–water partition coefficient (Wildman–Crippen LogP) is 3.42. The van der Waals surface area contributed by atoms with Crippen LogP contribution >= 0.6 is 0 Å². The highest BCUT2D eigenvalue weighted by Crippen LogP contribution is 2.60. The normalized spacial score (nSPS) is 37.5. The first-order valence-corrected chi connectivity index (χ1v) is 8.85. The van der Waals surface area contributed by atoms with E-state index in [0.717, 1.165) is 24.3 Å². The highest BCUT2D eigenvalue weighted by molar-refractivity contribution is 5.02. The van der Waals surface area contributed by atoms with E-state index in [4.69, 9.17) is 0 Å². The standard InChI is InChI=1S/C18H29N3/c1-20(4-2-5-21-6-3-19-14-21)13-18-10-15-7-16(11-18)9-17(8-15)12-18/h3,6,14-17H,2,4-5,7-13H2,1H3. The molecule has 1 heterocycles. The van der Waals surface area contributed by atoms with Crippen LogP contribution in [0, 0.1) is 23.2 Å². The summed E-state index contributed by atoms with van der Waals surface area (Å²) in [4.78, 5) is 6.73. The number of aromatic nitrogens is 2. The minimum absolute atomic E-state index is 0.693. The molecular formula is C18H29N3. The van der Waals surface area contributed by atoms with E-state index >= 15 is 0 Å². The third-order valence-corrected chi connectivity index (χ3v) is 6.29. The summed E-state index contributed by atoms with van der Waals surface area (Å²) >= 11 is 0. The molecule has 4 saturated carbocycles. The van der Waals surface area contributed by atoms with E-state index in [1.165, 1.54) is 38.8 Å². The molecule has 4 bridgehead atoms. The third-order valence-electron chi connectivity index (χ3n) is 6.29. The number of aryl methyl sites for hydroxylation is 1. The molecule has 5 rings (SSSR count). The van der Waals surface area contributed by atoms with Crippen molar-refractivity contribution in [3.8, 4) is 0 Å². The molecule has 4 aliphatic carbocycles. The number of imidazole rings is 1. The molecule has 0 amide bonds. The fourth-order valence-electron chi connectivity index (χ4n) is 6.08. The second-order valence-electron chi connectivity index (χ2n) is 8.31. The lowest BCUT2D eigenvalue weighted by atomic mass is 9.49. The fourth-order valence-corrected chi connectivity index (χ4v) is 6.08. The van der Waals surface area contributed by atoms with E-state index in [9.17, 15) is 0 Å². The van der Waals surface area contributed by atoms with Gasteiger partial charge >= 0.3 is 0 Å². The van der Waals surface area contributed by atoms with Gasteiger partial charge in [-0.1, -0.05) is 0 Å². The van der Waals surface area contributed by atoms with Crippen molar-refractivity contribution in [2.45, 2.75) is 51.5 Å². The molecule has 0 aromatic carbocycles. The van der Waals surface area contributed by atoms with Crippen molar-refractivity contribution in [2.24, 2.45) is 23.2 Å². The Morgan fingerprint density at radius 1 is 1.14 bits per heavy atom. The third kappa shape index (κ3) is 2.90. The minimum Gasteiger partial charge on any atom is -0.337 e. The summed E-state index contributed by atoms with van der Waals surface area (Å²) in [5, 5.41) is 0. The zero-order chi connectivity index (χ0) is 14.3. The van der Waals surface area contributed by atoms with Gasteiger partial charge in [0.15, 0.2) is 0 Å². The molecular weight excluding hydrogens is 258 g/mol. The summed E-state index contributed by atoms with van der Waals surface area (Å²) in [6.07, 6.45) is 16.4. The highest BCUT2D eigenvalue weighted by atomic mass is 15.1. The Bertz CT molecular complexity index is 430.